The highest BCUT2D eigenvalue weighted by Gasteiger charge is 2.48. The topological polar surface area (TPSA) is 127 Å². The van der Waals surface area contributed by atoms with Crippen LogP contribution in [0.2, 0.25) is 0 Å². The maximum atomic E-state index is 11.9. The first-order chi connectivity index (χ1) is 14.4. The minimum absolute atomic E-state index is 0.268. The summed E-state index contributed by atoms with van der Waals surface area (Å²) in [6.45, 7) is 1.93. The van der Waals surface area contributed by atoms with Crippen LogP contribution in [0.5, 0.6) is 0 Å². The molecule has 0 aliphatic heterocycles. The third-order valence-corrected chi connectivity index (χ3v) is 6.20. The highest BCUT2D eigenvalue weighted by Crippen LogP contribution is 2.27. The number of ether oxygens (including phenoxy) is 1. The fraction of sp³-hybridized carbons (Fsp3) is 0.957. The van der Waals surface area contributed by atoms with Crippen LogP contribution >= 0.6 is 0 Å². The highest BCUT2D eigenvalue weighted by atomic mass is 16.5. The predicted molar refractivity (Wildman–Crippen MR) is 115 cm³/mol. The summed E-state index contributed by atoms with van der Waals surface area (Å²) in [6.07, 6.45) is 8.42. The summed E-state index contributed by atoms with van der Waals surface area (Å²) in [7, 11) is 0. The van der Waals surface area contributed by atoms with E-state index in [1.165, 1.54) is 64.2 Å². The molecule has 178 valence electrons. The number of carbonyl (C=O) groups excluding carboxylic acids is 1. The van der Waals surface area contributed by atoms with Crippen LogP contribution in [0.15, 0.2) is 0 Å². The van der Waals surface area contributed by atoms with E-state index in [4.69, 9.17) is 4.74 Å². The molecule has 1 saturated carbocycles. The Morgan fingerprint density at radius 3 is 1.40 bits per heavy atom. The minimum atomic E-state index is -1.63. The maximum Gasteiger partial charge on any atom is 0.305 e. The Morgan fingerprint density at radius 1 is 0.600 bits per heavy atom. The maximum absolute atomic E-state index is 11.9. The van der Waals surface area contributed by atoms with E-state index in [9.17, 15) is 30.3 Å². The molecule has 2 unspecified atom stereocenters. The zero-order chi connectivity index (χ0) is 22.4. The van der Waals surface area contributed by atoms with Crippen molar-refractivity contribution >= 4 is 5.97 Å². The molecular weight excluding hydrogens is 388 g/mol. The normalized spacial score (nSPS) is 29.1. The Balaban J connectivity index is 2.00. The van der Waals surface area contributed by atoms with E-state index in [2.05, 4.69) is 6.92 Å². The van der Waals surface area contributed by atoms with Crippen molar-refractivity contribution in [3.8, 4) is 0 Å². The van der Waals surface area contributed by atoms with E-state index in [0.717, 1.165) is 19.3 Å². The summed E-state index contributed by atoms with van der Waals surface area (Å²) >= 11 is 0. The average Bonchev–Trinajstić information content (AvgIpc) is 2.74. The molecule has 5 N–H and O–H groups in total. The Hall–Kier alpha value is -0.730. The van der Waals surface area contributed by atoms with E-state index in [1.807, 2.05) is 0 Å². The van der Waals surface area contributed by atoms with E-state index in [0.29, 0.717) is 0 Å². The van der Waals surface area contributed by atoms with E-state index < -0.39 is 42.4 Å². The van der Waals surface area contributed by atoms with Gasteiger partial charge in [0.15, 0.2) is 0 Å². The fourth-order valence-corrected chi connectivity index (χ4v) is 4.06. The van der Waals surface area contributed by atoms with Crippen molar-refractivity contribution in [1.29, 1.82) is 0 Å². The van der Waals surface area contributed by atoms with Gasteiger partial charge in [0.1, 0.15) is 18.3 Å². The van der Waals surface area contributed by atoms with Gasteiger partial charge in [0, 0.05) is 6.42 Å². The number of hydrogen-bond donors (Lipinski definition) is 5. The second-order valence-electron chi connectivity index (χ2n) is 8.79. The SMILES string of the molecule is CCCCCCCCCCCCCCCC(=O)OCC1[C@H](O)[C@H](O)C(O)[C@H](O)[C@H]1O. The standard InChI is InChI=1S/C23H44O7/c1-2-3-4-5-6-7-8-9-10-11-12-13-14-15-18(24)30-16-17-19(25)21(27)23(29)22(28)20(17)26/h17,19-23,25-29H,2-16H2,1H3/t17?,19-,20-,21-,22+,23?/m0/s1. The van der Waals surface area contributed by atoms with Crippen LogP contribution in [-0.2, 0) is 9.53 Å². The molecule has 0 heterocycles. The first kappa shape index (κ1) is 27.3. The Kier molecular flexibility index (Phi) is 14.5. The second-order valence-corrected chi connectivity index (χ2v) is 8.79. The van der Waals surface area contributed by atoms with Crippen molar-refractivity contribution in [2.45, 2.75) is 127 Å². The highest BCUT2D eigenvalue weighted by molar-refractivity contribution is 5.69. The number of aliphatic hydroxyl groups excluding tert-OH is 5. The second kappa shape index (κ2) is 16.0. The molecular formula is C23H44O7. The lowest BCUT2D eigenvalue weighted by molar-refractivity contribution is -0.212. The van der Waals surface area contributed by atoms with Gasteiger partial charge >= 0.3 is 5.97 Å². The van der Waals surface area contributed by atoms with Crippen molar-refractivity contribution < 1.29 is 35.1 Å². The molecule has 0 spiro atoms. The minimum Gasteiger partial charge on any atom is -0.465 e. The Labute approximate surface area is 181 Å². The van der Waals surface area contributed by atoms with Crippen LogP contribution in [0.25, 0.3) is 0 Å². The smallest absolute Gasteiger partial charge is 0.305 e. The van der Waals surface area contributed by atoms with Crippen molar-refractivity contribution in [3.05, 3.63) is 0 Å². The molecule has 0 aromatic rings. The molecule has 0 bridgehead atoms. The summed E-state index contributed by atoms with van der Waals surface area (Å²) in [5, 5.41) is 48.8. The molecule has 0 radical (unpaired) electrons. The molecule has 1 rings (SSSR count). The molecule has 0 amide bonds. The molecule has 1 fully saturated rings. The van der Waals surface area contributed by atoms with E-state index in [-0.39, 0.29) is 13.0 Å². The predicted octanol–water partition coefficient (Wildman–Crippen LogP) is 2.45. The van der Waals surface area contributed by atoms with E-state index >= 15 is 0 Å². The Bertz CT molecular complexity index is 429. The molecule has 0 aromatic carbocycles. The number of esters is 1. The number of rotatable bonds is 16. The van der Waals surface area contributed by atoms with Gasteiger partial charge in [-0.1, -0.05) is 84.0 Å². The zero-order valence-electron chi connectivity index (χ0n) is 18.6. The number of carbonyl (C=O) groups is 1. The van der Waals surface area contributed by atoms with Crippen LogP contribution < -0.4 is 0 Å². The van der Waals surface area contributed by atoms with Gasteiger partial charge in [0.2, 0.25) is 0 Å². The first-order valence-corrected chi connectivity index (χ1v) is 12.0. The summed E-state index contributed by atoms with van der Waals surface area (Å²) in [6, 6.07) is 0. The van der Waals surface area contributed by atoms with Gasteiger partial charge in [-0.25, -0.2) is 0 Å². The van der Waals surface area contributed by atoms with Crippen LogP contribution in [0.4, 0.5) is 0 Å². The number of unbranched alkanes of at least 4 members (excludes halogenated alkanes) is 12. The van der Waals surface area contributed by atoms with Crippen LogP contribution in [0, 0.1) is 5.92 Å². The van der Waals surface area contributed by atoms with Crippen molar-refractivity contribution in [1.82, 2.24) is 0 Å². The average molecular weight is 433 g/mol. The molecule has 1 aliphatic rings. The van der Waals surface area contributed by atoms with Crippen LogP contribution in [-0.4, -0.2) is 68.6 Å². The van der Waals surface area contributed by atoms with Crippen LogP contribution in [0.3, 0.4) is 0 Å². The molecule has 30 heavy (non-hydrogen) atoms. The molecule has 1 aliphatic carbocycles. The number of aliphatic hydroxyl groups is 5. The van der Waals surface area contributed by atoms with Gasteiger partial charge in [0.05, 0.1) is 24.7 Å². The molecule has 0 saturated heterocycles. The fourth-order valence-electron chi connectivity index (χ4n) is 4.06. The van der Waals surface area contributed by atoms with E-state index in [1.54, 1.807) is 0 Å². The molecule has 6 atom stereocenters. The Morgan fingerprint density at radius 2 is 0.967 bits per heavy atom. The largest absolute Gasteiger partial charge is 0.465 e. The lowest BCUT2D eigenvalue weighted by Gasteiger charge is -2.41. The van der Waals surface area contributed by atoms with Gasteiger partial charge < -0.3 is 30.3 Å². The van der Waals surface area contributed by atoms with Crippen molar-refractivity contribution in [2.75, 3.05) is 6.61 Å². The summed E-state index contributed by atoms with van der Waals surface area (Å²) in [5.41, 5.74) is 0. The monoisotopic (exact) mass is 432 g/mol. The van der Waals surface area contributed by atoms with Crippen LogP contribution in [0.1, 0.15) is 96.8 Å². The summed E-state index contributed by atoms with van der Waals surface area (Å²) < 4.78 is 5.10. The molecule has 7 heteroatoms. The third kappa shape index (κ3) is 10.1. The first-order valence-electron chi connectivity index (χ1n) is 12.0. The summed E-state index contributed by atoms with van der Waals surface area (Å²) in [4.78, 5) is 11.9. The van der Waals surface area contributed by atoms with Crippen molar-refractivity contribution in [3.63, 3.8) is 0 Å². The van der Waals surface area contributed by atoms with Gasteiger partial charge in [-0.3, -0.25) is 4.79 Å². The van der Waals surface area contributed by atoms with Gasteiger partial charge in [-0.15, -0.1) is 0 Å². The van der Waals surface area contributed by atoms with Gasteiger partial charge in [0.25, 0.3) is 0 Å². The number of hydrogen-bond acceptors (Lipinski definition) is 7. The zero-order valence-corrected chi connectivity index (χ0v) is 18.6. The quantitative estimate of drug-likeness (QED) is 0.187. The van der Waals surface area contributed by atoms with Crippen molar-refractivity contribution in [2.24, 2.45) is 5.92 Å². The van der Waals surface area contributed by atoms with Gasteiger partial charge in [-0.05, 0) is 6.42 Å². The lowest BCUT2D eigenvalue weighted by Crippen LogP contribution is -2.62. The third-order valence-electron chi connectivity index (χ3n) is 6.20. The van der Waals surface area contributed by atoms with Gasteiger partial charge in [-0.2, -0.15) is 0 Å². The molecule has 0 aromatic heterocycles. The lowest BCUT2D eigenvalue weighted by atomic mass is 9.79. The molecule has 7 nitrogen and oxygen atoms in total. The summed E-state index contributed by atoms with van der Waals surface area (Å²) in [5.74, 6) is -1.46.